The molecule has 2 aromatic carbocycles. The maximum Gasteiger partial charge on any atom is 0.326 e. The van der Waals surface area contributed by atoms with Gasteiger partial charge in [-0.05, 0) is 30.2 Å². The van der Waals surface area contributed by atoms with Gasteiger partial charge in [0.15, 0.2) is 0 Å². The van der Waals surface area contributed by atoms with Gasteiger partial charge in [0.2, 0.25) is 0 Å². The van der Waals surface area contributed by atoms with E-state index in [0.717, 1.165) is 11.1 Å². The van der Waals surface area contributed by atoms with Crippen LogP contribution in [0.3, 0.4) is 0 Å². The van der Waals surface area contributed by atoms with Gasteiger partial charge in [0.25, 0.3) is 5.91 Å². The number of aromatic amines is 1. The van der Waals surface area contributed by atoms with Crippen LogP contribution in [0.5, 0.6) is 0 Å². The molecule has 0 saturated carbocycles. The molecule has 0 saturated heterocycles. The van der Waals surface area contributed by atoms with Gasteiger partial charge in [-0.3, -0.25) is 9.36 Å². The molecule has 3 rings (SSSR count). The number of amides is 1. The minimum Gasteiger partial charge on any atom is -0.320 e. The van der Waals surface area contributed by atoms with Crippen LogP contribution < -0.4 is 11.0 Å². The molecule has 0 fully saturated rings. The quantitative estimate of drug-likeness (QED) is 0.763. The van der Waals surface area contributed by atoms with E-state index in [-0.39, 0.29) is 17.3 Å². The zero-order chi connectivity index (χ0) is 17.1. The van der Waals surface area contributed by atoms with Crippen molar-refractivity contribution < 1.29 is 4.79 Å². The van der Waals surface area contributed by atoms with Crippen molar-refractivity contribution in [1.82, 2.24) is 9.55 Å². The number of hydrogen-bond donors (Lipinski definition) is 2. The van der Waals surface area contributed by atoms with Crippen LogP contribution in [0.4, 0.5) is 5.69 Å². The number of imidazole rings is 1. The Morgan fingerprint density at radius 1 is 1.17 bits per heavy atom. The van der Waals surface area contributed by atoms with Crippen molar-refractivity contribution in [3.8, 4) is 0 Å². The van der Waals surface area contributed by atoms with Gasteiger partial charge in [0.05, 0.1) is 6.54 Å². The van der Waals surface area contributed by atoms with Crippen molar-refractivity contribution >= 4 is 23.2 Å². The molecule has 1 amide bonds. The predicted octanol–water partition coefficient (Wildman–Crippen LogP) is 3.44. The number of carbonyl (C=O) groups excluding carboxylic acids is 1. The summed E-state index contributed by atoms with van der Waals surface area (Å²) in [6.07, 6.45) is 1.42. The molecule has 0 spiro atoms. The van der Waals surface area contributed by atoms with Crippen molar-refractivity contribution in [1.29, 1.82) is 0 Å². The van der Waals surface area contributed by atoms with Crippen molar-refractivity contribution in [2.24, 2.45) is 0 Å². The molecule has 0 atom stereocenters. The summed E-state index contributed by atoms with van der Waals surface area (Å²) in [6.45, 7) is 2.15. The summed E-state index contributed by atoms with van der Waals surface area (Å²) in [6, 6.07) is 14.8. The maximum atomic E-state index is 12.6. The highest BCUT2D eigenvalue weighted by molar-refractivity contribution is 6.31. The Labute approximate surface area is 143 Å². The Morgan fingerprint density at radius 3 is 2.67 bits per heavy atom. The lowest BCUT2D eigenvalue weighted by Gasteiger charge is -2.11. The lowest BCUT2D eigenvalue weighted by atomic mass is 10.2. The fourth-order valence-electron chi connectivity index (χ4n) is 2.44. The number of halogens is 1. The van der Waals surface area contributed by atoms with E-state index in [1.165, 1.54) is 10.8 Å². The van der Waals surface area contributed by atoms with Crippen LogP contribution in [-0.2, 0) is 6.54 Å². The van der Waals surface area contributed by atoms with E-state index in [1.807, 2.05) is 37.3 Å². The molecule has 0 unspecified atom stereocenters. The molecule has 1 heterocycles. The highest BCUT2D eigenvalue weighted by atomic mass is 35.5. The minimum absolute atomic E-state index is 0.267. The Balaban J connectivity index is 1.88. The molecule has 0 bridgehead atoms. The second kappa shape index (κ2) is 6.76. The SMILES string of the molecule is Cc1c(Cl)cccc1NC(=O)c1c[nH]c(=O)n1Cc1ccccc1. The molecule has 5 nitrogen and oxygen atoms in total. The number of anilines is 1. The van der Waals surface area contributed by atoms with Crippen molar-refractivity contribution in [2.45, 2.75) is 13.5 Å². The second-order valence-electron chi connectivity index (χ2n) is 5.42. The third-order valence-corrected chi connectivity index (χ3v) is 4.21. The Bertz CT molecular complexity index is 929. The third-order valence-electron chi connectivity index (χ3n) is 3.80. The van der Waals surface area contributed by atoms with Crippen LogP contribution in [0.25, 0.3) is 0 Å². The van der Waals surface area contributed by atoms with Crippen LogP contribution in [0.15, 0.2) is 59.5 Å². The van der Waals surface area contributed by atoms with Crippen molar-refractivity contribution in [3.05, 3.63) is 87.1 Å². The summed E-state index contributed by atoms with van der Waals surface area (Å²) >= 11 is 6.07. The van der Waals surface area contributed by atoms with Crippen molar-refractivity contribution in [2.75, 3.05) is 5.32 Å². The molecular weight excluding hydrogens is 326 g/mol. The summed E-state index contributed by atoms with van der Waals surface area (Å²) in [7, 11) is 0. The van der Waals surface area contributed by atoms with Gasteiger partial charge in [-0.15, -0.1) is 0 Å². The van der Waals surface area contributed by atoms with E-state index in [4.69, 9.17) is 11.6 Å². The average Bonchev–Trinajstić information content (AvgIpc) is 2.94. The molecule has 0 aliphatic rings. The van der Waals surface area contributed by atoms with Gasteiger partial charge in [-0.2, -0.15) is 0 Å². The number of rotatable bonds is 4. The summed E-state index contributed by atoms with van der Waals surface area (Å²) in [4.78, 5) is 27.2. The standard InChI is InChI=1S/C18H16ClN3O2/c1-12-14(19)8-5-9-15(12)21-17(23)16-10-20-18(24)22(16)11-13-6-3-2-4-7-13/h2-10H,11H2,1H3,(H,20,24)(H,21,23). The van der Waals surface area contributed by atoms with Crippen LogP contribution in [0, 0.1) is 6.92 Å². The lowest BCUT2D eigenvalue weighted by Crippen LogP contribution is -2.24. The van der Waals surface area contributed by atoms with Gasteiger partial charge in [-0.1, -0.05) is 48.0 Å². The maximum absolute atomic E-state index is 12.6. The molecule has 122 valence electrons. The summed E-state index contributed by atoms with van der Waals surface area (Å²) in [5, 5.41) is 3.38. The average molecular weight is 342 g/mol. The monoisotopic (exact) mass is 341 g/mol. The molecule has 6 heteroatoms. The number of nitrogens with one attached hydrogen (secondary N) is 2. The number of benzene rings is 2. The number of aromatic nitrogens is 2. The largest absolute Gasteiger partial charge is 0.326 e. The van der Waals surface area contributed by atoms with Crippen LogP contribution in [0.2, 0.25) is 5.02 Å². The first-order chi connectivity index (χ1) is 11.6. The van der Waals surface area contributed by atoms with Gasteiger partial charge in [0.1, 0.15) is 5.69 Å². The summed E-state index contributed by atoms with van der Waals surface area (Å²) in [5.41, 5.74) is 2.27. The fraction of sp³-hybridized carbons (Fsp3) is 0.111. The molecular formula is C18H16ClN3O2. The summed E-state index contributed by atoms with van der Waals surface area (Å²) in [5.74, 6) is -0.366. The molecule has 0 radical (unpaired) electrons. The van der Waals surface area contributed by atoms with Gasteiger partial charge >= 0.3 is 5.69 Å². The zero-order valence-electron chi connectivity index (χ0n) is 13.0. The minimum atomic E-state index is -0.366. The van der Waals surface area contributed by atoms with Gasteiger partial charge in [-0.25, -0.2) is 4.79 Å². The molecule has 1 aromatic heterocycles. The fourth-order valence-corrected chi connectivity index (χ4v) is 2.61. The number of H-pyrrole nitrogens is 1. The molecule has 2 N–H and O–H groups in total. The summed E-state index contributed by atoms with van der Waals surface area (Å²) < 4.78 is 1.41. The van der Waals surface area contributed by atoms with Crippen LogP contribution >= 0.6 is 11.6 Å². The number of nitrogens with zero attached hydrogens (tertiary/aromatic N) is 1. The third kappa shape index (κ3) is 3.26. The molecule has 24 heavy (non-hydrogen) atoms. The molecule has 0 aliphatic carbocycles. The Morgan fingerprint density at radius 2 is 1.92 bits per heavy atom. The van der Waals surface area contributed by atoms with E-state index >= 15 is 0 Å². The number of hydrogen-bond acceptors (Lipinski definition) is 2. The first kappa shape index (κ1) is 16.1. The smallest absolute Gasteiger partial charge is 0.320 e. The van der Waals surface area contributed by atoms with E-state index in [2.05, 4.69) is 10.3 Å². The first-order valence-corrected chi connectivity index (χ1v) is 7.82. The molecule has 3 aromatic rings. The van der Waals surface area contributed by atoms with Crippen molar-refractivity contribution in [3.63, 3.8) is 0 Å². The Hall–Kier alpha value is -2.79. The van der Waals surface area contributed by atoms with Gasteiger partial charge in [0, 0.05) is 16.9 Å². The van der Waals surface area contributed by atoms with Crippen LogP contribution in [0.1, 0.15) is 21.6 Å². The Kier molecular flexibility index (Phi) is 4.53. The zero-order valence-corrected chi connectivity index (χ0v) is 13.8. The van der Waals surface area contributed by atoms with Gasteiger partial charge < -0.3 is 10.3 Å². The highest BCUT2D eigenvalue weighted by Crippen LogP contribution is 2.23. The van der Waals surface area contributed by atoms with E-state index in [0.29, 0.717) is 17.3 Å². The molecule has 0 aliphatic heterocycles. The predicted molar refractivity (Wildman–Crippen MR) is 94.7 cm³/mol. The number of carbonyl (C=O) groups is 1. The van der Waals surface area contributed by atoms with Crippen LogP contribution in [-0.4, -0.2) is 15.5 Å². The first-order valence-electron chi connectivity index (χ1n) is 7.45. The lowest BCUT2D eigenvalue weighted by molar-refractivity contribution is 0.101. The van der Waals surface area contributed by atoms with E-state index in [9.17, 15) is 9.59 Å². The second-order valence-corrected chi connectivity index (χ2v) is 5.82. The normalized spacial score (nSPS) is 10.6. The van der Waals surface area contributed by atoms with E-state index in [1.54, 1.807) is 18.2 Å². The highest BCUT2D eigenvalue weighted by Gasteiger charge is 2.16. The van der Waals surface area contributed by atoms with E-state index < -0.39 is 0 Å². The topological polar surface area (TPSA) is 66.9 Å².